The van der Waals surface area contributed by atoms with Gasteiger partial charge in [-0.15, -0.1) is 0 Å². The van der Waals surface area contributed by atoms with E-state index in [4.69, 9.17) is 0 Å². The predicted molar refractivity (Wildman–Crippen MR) is 51.1 cm³/mol. The number of hydrogen-bond donors (Lipinski definition) is 1. The topological polar surface area (TPSA) is 84.2 Å². The van der Waals surface area contributed by atoms with Gasteiger partial charge in [-0.3, -0.25) is 4.90 Å². The summed E-state index contributed by atoms with van der Waals surface area (Å²) in [5, 5.41) is 19.8. The molecule has 82 valence electrons. The SMILES string of the molecule is CC(O)N1CC1Cn1ccnc1[N+](=O)[O-]. The average molecular weight is 212 g/mol. The molecule has 15 heavy (non-hydrogen) atoms. The Kier molecular flexibility index (Phi) is 2.41. The first kappa shape index (κ1) is 10.1. The second-order valence-electron chi connectivity index (χ2n) is 3.62. The molecule has 1 saturated heterocycles. The molecule has 0 saturated carbocycles. The fourth-order valence-corrected chi connectivity index (χ4v) is 1.66. The van der Waals surface area contributed by atoms with Crippen molar-refractivity contribution >= 4 is 5.95 Å². The Bertz CT molecular complexity index is 376. The van der Waals surface area contributed by atoms with E-state index in [1.165, 1.54) is 10.8 Å². The van der Waals surface area contributed by atoms with Crippen LogP contribution in [0.2, 0.25) is 0 Å². The van der Waals surface area contributed by atoms with Crippen molar-refractivity contribution in [1.82, 2.24) is 14.5 Å². The minimum absolute atomic E-state index is 0.146. The van der Waals surface area contributed by atoms with Gasteiger partial charge in [0.1, 0.15) is 18.6 Å². The largest absolute Gasteiger partial charge is 0.434 e. The summed E-state index contributed by atoms with van der Waals surface area (Å²) in [7, 11) is 0. The van der Waals surface area contributed by atoms with Crippen LogP contribution in [0.3, 0.4) is 0 Å². The first-order valence-electron chi connectivity index (χ1n) is 4.69. The van der Waals surface area contributed by atoms with Crippen LogP contribution < -0.4 is 0 Å². The Balaban J connectivity index is 2.00. The van der Waals surface area contributed by atoms with Crippen molar-refractivity contribution in [1.29, 1.82) is 0 Å². The van der Waals surface area contributed by atoms with Gasteiger partial charge in [-0.05, 0) is 11.8 Å². The van der Waals surface area contributed by atoms with Crippen LogP contribution in [0.1, 0.15) is 6.92 Å². The van der Waals surface area contributed by atoms with Crippen LogP contribution in [0.5, 0.6) is 0 Å². The van der Waals surface area contributed by atoms with E-state index in [0.717, 1.165) is 6.54 Å². The molecule has 7 nitrogen and oxygen atoms in total. The highest BCUT2D eigenvalue weighted by Gasteiger charge is 2.39. The molecule has 0 radical (unpaired) electrons. The summed E-state index contributed by atoms with van der Waals surface area (Å²) < 4.78 is 1.49. The van der Waals surface area contributed by atoms with Gasteiger partial charge in [0.2, 0.25) is 0 Å². The molecular weight excluding hydrogens is 200 g/mol. The minimum atomic E-state index is -0.505. The molecule has 7 heteroatoms. The zero-order chi connectivity index (χ0) is 11.0. The number of aliphatic hydroxyl groups is 1. The van der Waals surface area contributed by atoms with Crippen molar-refractivity contribution in [3.05, 3.63) is 22.5 Å². The molecule has 0 bridgehead atoms. The van der Waals surface area contributed by atoms with E-state index in [0.29, 0.717) is 6.54 Å². The van der Waals surface area contributed by atoms with Gasteiger partial charge in [0.15, 0.2) is 0 Å². The molecule has 1 aromatic heterocycles. The van der Waals surface area contributed by atoms with E-state index in [-0.39, 0.29) is 12.0 Å². The fraction of sp³-hybridized carbons (Fsp3) is 0.625. The normalized spacial score (nSPS) is 26.3. The molecule has 2 rings (SSSR count). The number of nitro groups is 1. The molecule has 1 fully saturated rings. The van der Waals surface area contributed by atoms with E-state index in [2.05, 4.69) is 4.98 Å². The molecule has 3 atom stereocenters. The quantitative estimate of drug-likeness (QED) is 0.425. The van der Waals surface area contributed by atoms with Crippen molar-refractivity contribution in [2.24, 2.45) is 0 Å². The van der Waals surface area contributed by atoms with Gasteiger partial charge in [-0.25, -0.2) is 4.57 Å². The third kappa shape index (κ3) is 1.97. The second kappa shape index (κ2) is 3.59. The van der Waals surface area contributed by atoms with Crippen molar-refractivity contribution < 1.29 is 10.0 Å². The summed E-state index contributed by atoms with van der Waals surface area (Å²) in [4.78, 5) is 15.6. The van der Waals surface area contributed by atoms with Gasteiger partial charge >= 0.3 is 5.95 Å². The van der Waals surface area contributed by atoms with E-state index in [1.54, 1.807) is 13.1 Å². The molecule has 0 amide bonds. The third-order valence-electron chi connectivity index (χ3n) is 2.50. The van der Waals surface area contributed by atoms with Gasteiger partial charge < -0.3 is 15.2 Å². The van der Waals surface area contributed by atoms with Crippen LogP contribution in [-0.4, -0.2) is 43.3 Å². The van der Waals surface area contributed by atoms with E-state index >= 15 is 0 Å². The summed E-state index contributed by atoms with van der Waals surface area (Å²) in [5.41, 5.74) is 0. The van der Waals surface area contributed by atoms with Crippen molar-refractivity contribution in [3.63, 3.8) is 0 Å². The van der Waals surface area contributed by atoms with Gasteiger partial charge in [-0.2, -0.15) is 0 Å². The van der Waals surface area contributed by atoms with Crippen molar-refractivity contribution in [2.75, 3.05) is 6.54 Å². The number of hydrogen-bond acceptors (Lipinski definition) is 5. The Labute approximate surface area is 86.1 Å². The lowest BCUT2D eigenvalue weighted by Gasteiger charge is -2.05. The maximum atomic E-state index is 10.6. The van der Waals surface area contributed by atoms with Gasteiger partial charge in [0.05, 0.1) is 12.6 Å². The summed E-state index contributed by atoms with van der Waals surface area (Å²) >= 11 is 0. The second-order valence-corrected chi connectivity index (χ2v) is 3.62. The van der Waals surface area contributed by atoms with Crippen LogP contribution in [0.25, 0.3) is 0 Å². The molecule has 0 aromatic carbocycles. The highest BCUT2D eigenvalue weighted by Crippen LogP contribution is 2.23. The van der Waals surface area contributed by atoms with E-state index in [9.17, 15) is 15.2 Å². The zero-order valence-corrected chi connectivity index (χ0v) is 8.28. The first-order chi connectivity index (χ1) is 7.09. The Morgan fingerprint density at radius 1 is 1.87 bits per heavy atom. The molecular formula is C8H12N4O3. The van der Waals surface area contributed by atoms with Crippen molar-refractivity contribution in [2.45, 2.75) is 25.7 Å². The van der Waals surface area contributed by atoms with Crippen molar-refractivity contribution in [3.8, 4) is 0 Å². The fourth-order valence-electron chi connectivity index (χ4n) is 1.66. The molecule has 3 unspecified atom stereocenters. The summed E-state index contributed by atoms with van der Waals surface area (Å²) in [5.74, 6) is -0.146. The molecule has 0 spiro atoms. The van der Waals surface area contributed by atoms with Crippen LogP contribution in [-0.2, 0) is 6.54 Å². The lowest BCUT2D eigenvalue weighted by molar-refractivity contribution is -0.396. The lowest BCUT2D eigenvalue weighted by atomic mass is 10.4. The molecule has 1 aliphatic heterocycles. The van der Waals surface area contributed by atoms with Crippen LogP contribution in [0.15, 0.2) is 12.4 Å². The summed E-state index contributed by atoms with van der Waals surface area (Å²) in [6.45, 7) is 2.95. The number of imidazole rings is 1. The average Bonchev–Trinajstić information content (AvgIpc) is 2.74. The highest BCUT2D eigenvalue weighted by molar-refractivity contribution is 5.08. The monoisotopic (exact) mass is 212 g/mol. The van der Waals surface area contributed by atoms with Gasteiger partial charge in [-0.1, -0.05) is 4.98 Å². The molecule has 1 aliphatic rings. The Morgan fingerprint density at radius 3 is 3.13 bits per heavy atom. The lowest BCUT2D eigenvalue weighted by Crippen LogP contribution is -2.18. The number of aliphatic hydroxyl groups excluding tert-OH is 1. The zero-order valence-electron chi connectivity index (χ0n) is 8.28. The first-order valence-corrected chi connectivity index (χ1v) is 4.69. The molecule has 1 N–H and O–H groups in total. The number of rotatable bonds is 4. The molecule has 1 aromatic rings. The smallest absolute Gasteiger partial charge is 0.390 e. The number of aromatic nitrogens is 2. The van der Waals surface area contributed by atoms with Gasteiger partial charge in [0, 0.05) is 6.54 Å². The minimum Gasteiger partial charge on any atom is -0.390 e. The Morgan fingerprint density at radius 2 is 2.60 bits per heavy atom. The highest BCUT2D eigenvalue weighted by atomic mass is 16.6. The van der Waals surface area contributed by atoms with E-state index < -0.39 is 11.2 Å². The number of nitrogens with zero attached hydrogens (tertiary/aromatic N) is 4. The summed E-state index contributed by atoms with van der Waals surface area (Å²) in [6, 6.07) is 0.179. The van der Waals surface area contributed by atoms with Crippen LogP contribution >= 0.6 is 0 Å². The predicted octanol–water partition coefficient (Wildman–Crippen LogP) is -0.186. The van der Waals surface area contributed by atoms with Crippen LogP contribution in [0.4, 0.5) is 5.95 Å². The maximum absolute atomic E-state index is 10.6. The third-order valence-corrected chi connectivity index (χ3v) is 2.50. The van der Waals surface area contributed by atoms with E-state index in [1.807, 2.05) is 4.90 Å². The van der Waals surface area contributed by atoms with Gasteiger partial charge in [0.25, 0.3) is 0 Å². The van der Waals surface area contributed by atoms with Crippen LogP contribution in [0, 0.1) is 10.1 Å². The summed E-state index contributed by atoms with van der Waals surface area (Å²) in [6.07, 6.45) is 2.50. The Hall–Kier alpha value is -1.47. The standard InChI is InChI=1S/C8H12N4O3/c1-6(13)11-5-7(11)4-10-3-2-9-8(10)12(14)15/h2-3,6-7,13H,4-5H2,1H3. The molecule has 2 heterocycles. The maximum Gasteiger partial charge on any atom is 0.434 e. The molecule has 0 aliphatic carbocycles.